The van der Waals surface area contributed by atoms with Gasteiger partial charge < -0.3 is 10.6 Å². The van der Waals surface area contributed by atoms with E-state index in [4.69, 9.17) is 5.73 Å². The number of nitrogens with zero attached hydrogens (tertiary/aromatic N) is 2. The molecule has 4 nitrogen and oxygen atoms in total. The molecule has 0 radical (unpaired) electrons. The first-order valence-corrected chi connectivity index (χ1v) is 6.67. The highest BCUT2D eigenvalue weighted by Crippen LogP contribution is 2.35. The van der Waals surface area contributed by atoms with Gasteiger partial charge in [-0.15, -0.1) is 17.9 Å². The molecule has 17 heavy (non-hydrogen) atoms. The third-order valence-electron chi connectivity index (χ3n) is 2.53. The lowest BCUT2D eigenvalue weighted by atomic mass is 10.2. The smallest absolute Gasteiger partial charge is 0.346 e. The Balaban J connectivity index is 2.38. The molecule has 1 unspecified atom stereocenters. The van der Waals surface area contributed by atoms with Gasteiger partial charge in [0.1, 0.15) is 11.9 Å². The molecule has 90 valence electrons. The normalized spacial score (nSPS) is 19.6. The second-order valence-corrected chi connectivity index (χ2v) is 5.86. The van der Waals surface area contributed by atoms with Gasteiger partial charge in [0, 0.05) is 20.8 Å². The summed E-state index contributed by atoms with van der Waals surface area (Å²) < 4.78 is 1.03. The van der Waals surface area contributed by atoms with Gasteiger partial charge in [0.05, 0.1) is 0 Å². The van der Waals surface area contributed by atoms with Gasteiger partial charge >= 0.3 is 6.03 Å². The lowest BCUT2D eigenvalue weighted by Gasteiger charge is -2.21. The number of carbonyl (C=O) groups is 1. The minimum Gasteiger partial charge on any atom is -0.385 e. The number of aliphatic imine (C=N–C) groups is 1. The van der Waals surface area contributed by atoms with Crippen LogP contribution in [0.15, 0.2) is 28.2 Å². The quantitative estimate of drug-likeness (QED) is 0.872. The van der Waals surface area contributed by atoms with Crippen LogP contribution in [-0.4, -0.2) is 23.3 Å². The highest BCUT2D eigenvalue weighted by atomic mass is 79.9. The average Bonchev–Trinajstić information content (AvgIpc) is 2.70. The molecule has 1 aromatic heterocycles. The Labute approximate surface area is 112 Å². The molecule has 0 bridgehead atoms. The largest absolute Gasteiger partial charge is 0.385 e. The molecule has 1 aromatic rings. The zero-order chi connectivity index (χ0) is 12.6. The standard InChI is InChI=1S/C11H12BrN3OS/c1-3-4-15-9(10(13)14-11(15)16)8-5-7(12)6(2)17-8/h3,5,9H,1,4H2,2H3,(H2,13,14,16). The van der Waals surface area contributed by atoms with Crippen molar-refractivity contribution in [2.45, 2.75) is 13.0 Å². The van der Waals surface area contributed by atoms with Crippen molar-refractivity contribution >= 4 is 39.1 Å². The van der Waals surface area contributed by atoms with Crippen molar-refractivity contribution in [3.8, 4) is 0 Å². The molecule has 6 heteroatoms. The Morgan fingerprint density at radius 2 is 2.47 bits per heavy atom. The second-order valence-electron chi connectivity index (χ2n) is 3.72. The van der Waals surface area contributed by atoms with E-state index in [-0.39, 0.29) is 12.1 Å². The Hall–Kier alpha value is -1.14. The molecule has 0 fully saturated rings. The Bertz CT molecular complexity index is 489. The van der Waals surface area contributed by atoms with Crippen molar-refractivity contribution in [1.29, 1.82) is 0 Å². The summed E-state index contributed by atoms with van der Waals surface area (Å²) in [6.07, 6.45) is 1.68. The zero-order valence-corrected chi connectivity index (χ0v) is 11.7. The maximum atomic E-state index is 11.7. The average molecular weight is 314 g/mol. The minimum atomic E-state index is -0.297. The van der Waals surface area contributed by atoms with Crippen molar-refractivity contribution in [1.82, 2.24) is 4.90 Å². The SMILES string of the molecule is C=CCN1C(=O)N=C(N)C1c1cc(Br)c(C)s1. The van der Waals surface area contributed by atoms with Crippen LogP contribution in [0.5, 0.6) is 0 Å². The Kier molecular flexibility index (Phi) is 3.35. The first-order chi connectivity index (χ1) is 8.04. The highest BCUT2D eigenvalue weighted by molar-refractivity contribution is 9.10. The number of carbonyl (C=O) groups excluding carboxylic acids is 1. The van der Waals surface area contributed by atoms with Crippen LogP contribution in [0.2, 0.25) is 0 Å². The van der Waals surface area contributed by atoms with E-state index >= 15 is 0 Å². The molecule has 0 aliphatic carbocycles. The predicted octanol–water partition coefficient (Wildman–Crippen LogP) is 2.84. The summed E-state index contributed by atoms with van der Waals surface area (Å²) in [5.74, 6) is 0.352. The molecule has 0 aromatic carbocycles. The van der Waals surface area contributed by atoms with Crippen molar-refractivity contribution in [3.05, 3.63) is 32.9 Å². The number of amidine groups is 1. The third-order valence-corrected chi connectivity index (χ3v) is 4.72. The van der Waals surface area contributed by atoms with Crippen LogP contribution in [0, 0.1) is 6.92 Å². The predicted molar refractivity (Wildman–Crippen MR) is 73.4 cm³/mol. The number of halogens is 1. The van der Waals surface area contributed by atoms with Crippen molar-refractivity contribution in [3.63, 3.8) is 0 Å². The molecule has 2 heterocycles. The summed E-state index contributed by atoms with van der Waals surface area (Å²) in [6.45, 7) is 6.10. The number of amides is 2. The summed E-state index contributed by atoms with van der Waals surface area (Å²) in [4.78, 5) is 19.3. The molecule has 0 saturated carbocycles. The summed E-state index contributed by atoms with van der Waals surface area (Å²) in [5.41, 5.74) is 5.83. The maximum absolute atomic E-state index is 11.7. The number of rotatable bonds is 3. The maximum Gasteiger partial charge on any atom is 0.346 e. The van der Waals surface area contributed by atoms with Crippen LogP contribution >= 0.6 is 27.3 Å². The van der Waals surface area contributed by atoms with Crippen LogP contribution < -0.4 is 5.73 Å². The fourth-order valence-corrected chi connectivity index (χ4v) is 3.43. The summed E-state index contributed by atoms with van der Waals surface area (Å²) >= 11 is 5.07. The number of thiophene rings is 1. The summed E-state index contributed by atoms with van der Waals surface area (Å²) in [5, 5.41) is 0. The molecule has 1 aliphatic rings. The first kappa shape index (κ1) is 12.3. The van der Waals surface area contributed by atoms with Crippen molar-refractivity contribution in [2.24, 2.45) is 10.7 Å². The minimum absolute atomic E-state index is 0.254. The van der Waals surface area contributed by atoms with Crippen molar-refractivity contribution < 1.29 is 4.79 Å². The van der Waals surface area contributed by atoms with Crippen LogP contribution in [0.1, 0.15) is 15.8 Å². The molecule has 2 N–H and O–H groups in total. The van der Waals surface area contributed by atoms with Crippen molar-refractivity contribution in [2.75, 3.05) is 6.54 Å². The first-order valence-electron chi connectivity index (χ1n) is 5.06. The molecule has 1 aliphatic heterocycles. The van der Waals surface area contributed by atoms with Gasteiger partial charge in [-0.2, -0.15) is 4.99 Å². The number of aryl methyl sites for hydroxylation is 1. The van der Waals surface area contributed by atoms with Crippen LogP contribution in [0.3, 0.4) is 0 Å². The molecule has 2 amide bonds. The topological polar surface area (TPSA) is 58.7 Å². The van der Waals surface area contributed by atoms with Gasteiger partial charge in [-0.1, -0.05) is 6.08 Å². The Morgan fingerprint density at radius 3 is 3.00 bits per heavy atom. The molecule has 1 atom stereocenters. The molecular weight excluding hydrogens is 302 g/mol. The van der Waals surface area contributed by atoms with E-state index in [1.54, 1.807) is 22.3 Å². The van der Waals surface area contributed by atoms with E-state index in [0.29, 0.717) is 12.4 Å². The van der Waals surface area contributed by atoms with E-state index in [2.05, 4.69) is 27.5 Å². The van der Waals surface area contributed by atoms with E-state index < -0.39 is 0 Å². The number of hydrogen-bond acceptors (Lipinski definition) is 3. The monoisotopic (exact) mass is 313 g/mol. The number of hydrogen-bond donors (Lipinski definition) is 1. The Morgan fingerprint density at radius 1 is 1.76 bits per heavy atom. The molecular formula is C11H12BrN3OS. The third kappa shape index (κ3) is 2.14. The van der Waals surface area contributed by atoms with Gasteiger partial charge in [0.25, 0.3) is 0 Å². The highest BCUT2D eigenvalue weighted by Gasteiger charge is 2.34. The molecule has 0 spiro atoms. The zero-order valence-electron chi connectivity index (χ0n) is 9.31. The second kappa shape index (κ2) is 4.62. The summed E-state index contributed by atoms with van der Waals surface area (Å²) in [7, 11) is 0. The fourth-order valence-electron chi connectivity index (χ4n) is 1.74. The van der Waals surface area contributed by atoms with Gasteiger partial charge in [-0.25, -0.2) is 4.79 Å². The van der Waals surface area contributed by atoms with Gasteiger partial charge in [-0.05, 0) is 28.9 Å². The lowest BCUT2D eigenvalue weighted by molar-refractivity contribution is 0.213. The lowest BCUT2D eigenvalue weighted by Crippen LogP contribution is -2.32. The number of nitrogens with two attached hydrogens (primary N) is 1. The number of urea groups is 1. The molecule has 2 rings (SSSR count). The van der Waals surface area contributed by atoms with Crippen LogP contribution in [0.4, 0.5) is 4.79 Å². The summed E-state index contributed by atoms with van der Waals surface area (Å²) in [6, 6.07) is 1.44. The van der Waals surface area contributed by atoms with E-state index in [9.17, 15) is 4.79 Å². The van der Waals surface area contributed by atoms with E-state index in [1.165, 1.54) is 0 Å². The van der Waals surface area contributed by atoms with E-state index in [0.717, 1.165) is 14.2 Å². The van der Waals surface area contributed by atoms with E-state index in [1.807, 2.05) is 13.0 Å². The van der Waals surface area contributed by atoms with Crippen LogP contribution in [0.25, 0.3) is 0 Å². The van der Waals surface area contributed by atoms with Gasteiger partial charge in [-0.3, -0.25) is 0 Å². The van der Waals surface area contributed by atoms with Crippen LogP contribution in [-0.2, 0) is 0 Å². The van der Waals surface area contributed by atoms with Gasteiger partial charge in [0.15, 0.2) is 0 Å². The van der Waals surface area contributed by atoms with Gasteiger partial charge in [0.2, 0.25) is 0 Å². The fraction of sp³-hybridized carbons (Fsp3) is 0.273. The molecule has 0 saturated heterocycles.